The van der Waals surface area contributed by atoms with Gasteiger partial charge in [0, 0.05) is 4.47 Å². The van der Waals surface area contributed by atoms with Crippen LogP contribution in [0.1, 0.15) is 15.9 Å². The maximum Gasteiger partial charge on any atom is 0.461 e. The number of methoxy groups -OCH3 is 1. The van der Waals surface area contributed by atoms with Crippen molar-refractivity contribution in [2.24, 2.45) is 0 Å². The Bertz CT molecular complexity index is 511. The minimum Gasteiger partial charge on any atom is -0.496 e. The van der Waals surface area contributed by atoms with E-state index in [1.165, 1.54) is 6.07 Å². The first kappa shape index (κ1) is 15.9. The number of aryl methyl sites for hydroxylation is 1. The second-order valence-corrected chi connectivity index (χ2v) is 4.56. The lowest BCUT2D eigenvalue weighted by molar-refractivity contribution is -0.255. The summed E-state index contributed by atoms with van der Waals surface area (Å²) >= 11 is 2.96. The number of ketones is 1. The molecule has 0 aliphatic carbocycles. The largest absolute Gasteiger partial charge is 0.496 e. The summed E-state index contributed by atoms with van der Waals surface area (Å²) in [6.07, 6.45) is -5.95. The Morgan fingerprint density at radius 2 is 1.74 bits per heavy atom. The fourth-order valence-electron chi connectivity index (χ4n) is 1.30. The molecule has 0 bridgehead atoms. The molecule has 0 amide bonds. The summed E-state index contributed by atoms with van der Waals surface area (Å²) in [4.78, 5) is 11.4. The van der Waals surface area contributed by atoms with Crippen LogP contribution in [-0.4, -0.2) is 25.0 Å². The number of carbonyl (C=O) groups is 1. The quantitative estimate of drug-likeness (QED) is 0.607. The van der Waals surface area contributed by atoms with E-state index in [2.05, 4.69) is 20.7 Å². The molecule has 2 nitrogen and oxygen atoms in total. The summed E-state index contributed by atoms with van der Waals surface area (Å²) in [5.74, 6) is -8.15. The highest BCUT2D eigenvalue weighted by molar-refractivity contribution is 9.10. The van der Waals surface area contributed by atoms with E-state index in [0.717, 1.165) is 13.2 Å². The van der Waals surface area contributed by atoms with E-state index in [4.69, 9.17) is 0 Å². The Morgan fingerprint density at radius 3 is 2.16 bits per heavy atom. The van der Waals surface area contributed by atoms with Crippen molar-refractivity contribution in [1.82, 2.24) is 0 Å². The molecule has 0 saturated carbocycles. The average molecular weight is 347 g/mol. The predicted octanol–water partition coefficient (Wildman–Crippen LogP) is 4.15. The van der Waals surface area contributed by atoms with Crippen molar-refractivity contribution in [3.63, 3.8) is 0 Å². The molecule has 0 saturated heterocycles. The molecule has 1 aromatic carbocycles. The maximum absolute atomic E-state index is 13.0. The monoisotopic (exact) mass is 346 g/mol. The van der Waals surface area contributed by atoms with Crippen LogP contribution in [0.5, 0.6) is 5.75 Å². The number of alkyl halides is 5. The van der Waals surface area contributed by atoms with Gasteiger partial charge in [0.05, 0.1) is 12.7 Å². The molecule has 0 aliphatic rings. The van der Waals surface area contributed by atoms with Crippen molar-refractivity contribution in [2.45, 2.75) is 19.0 Å². The summed E-state index contributed by atoms with van der Waals surface area (Å²) in [5.41, 5.74) is -0.300. The van der Waals surface area contributed by atoms with Gasteiger partial charge in [-0.05, 0) is 24.6 Å². The Hall–Kier alpha value is -1.18. The Balaban J connectivity index is 3.39. The van der Waals surface area contributed by atoms with Gasteiger partial charge in [0.1, 0.15) is 5.75 Å². The van der Waals surface area contributed by atoms with E-state index in [-0.39, 0.29) is 10.2 Å². The SMILES string of the molecule is COc1cc(C)c(Br)cc1C(=O)C(F)(F)C(F)(F)F. The third-order valence-corrected chi connectivity index (χ3v) is 3.22. The second-order valence-electron chi connectivity index (χ2n) is 3.70. The lowest BCUT2D eigenvalue weighted by atomic mass is 10.0. The molecule has 8 heteroatoms. The molecule has 1 rings (SSSR count). The van der Waals surface area contributed by atoms with E-state index in [1.54, 1.807) is 6.92 Å². The van der Waals surface area contributed by atoms with Crippen LogP contribution in [0.3, 0.4) is 0 Å². The van der Waals surface area contributed by atoms with Crippen LogP contribution in [0.15, 0.2) is 16.6 Å². The average Bonchev–Trinajstić information content (AvgIpc) is 2.29. The van der Waals surface area contributed by atoms with Crippen LogP contribution in [0, 0.1) is 6.92 Å². The first-order chi connectivity index (χ1) is 8.52. The molecule has 0 atom stereocenters. The molecule has 0 radical (unpaired) electrons. The fourth-order valence-corrected chi connectivity index (χ4v) is 1.64. The number of hydrogen-bond donors (Lipinski definition) is 0. The van der Waals surface area contributed by atoms with Gasteiger partial charge >= 0.3 is 12.1 Å². The molecule has 0 N–H and O–H groups in total. The van der Waals surface area contributed by atoms with Gasteiger partial charge in [-0.1, -0.05) is 15.9 Å². The van der Waals surface area contributed by atoms with Crippen LogP contribution in [0.25, 0.3) is 0 Å². The van der Waals surface area contributed by atoms with E-state index < -0.39 is 23.4 Å². The van der Waals surface area contributed by atoms with Crippen LogP contribution in [0.4, 0.5) is 22.0 Å². The molecule has 0 aliphatic heterocycles. The van der Waals surface area contributed by atoms with E-state index in [9.17, 15) is 26.7 Å². The van der Waals surface area contributed by atoms with Crippen molar-refractivity contribution in [3.05, 3.63) is 27.7 Å². The molecule has 0 fully saturated rings. The molecular weight excluding hydrogens is 339 g/mol. The van der Waals surface area contributed by atoms with Gasteiger partial charge in [0.15, 0.2) is 0 Å². The molecule has 0 heterocycles. The number of ether oxygens (including phenoxy) is 1. The van der Waals surface area contributed by atoms with E-state index in [1.807, 2.05) is 0 Å². The summed E-state index contributed by atoms with van der Waals surface area (Å²) < 4.78 is 67.4. The number of halogens is 6. The van der Waals surface area contributed by atoms with Gasteiger partial charge in [-0.2, -0.15) is 22.0 Å². The van der Waals surface area contributed by atoms with Gasteiger partial charge in [-0.15, -0.1) is 0 Å². The van der Waals surface area contributed by atoms with Crippen LogP contribution < -0.4 is 4.74 Å². The number of rotatable bonds is 3. The highest BCUT2D eigenvalue weighted by atomic mass is 79.9. The van der Waals surface area contributed by atoms with Gasteiger partial charge in [0.2, 0.25) is 5.78 Å². The molecule has 106 valence electrons. The number of Topliss-reactive ketones (excluding diaryl/α,β-unsaturated/α-hetero) is 1. The summed E-state index contributed by atoms with van der Waals surface area (Å²) in [6.45, 7) is 1.57. The van der Waals surface area contributed by atoms with Crippen molar-refractivity contribution in [2.75, 3.05) is 7.11 Å². The van der Waals surface area contributed by atoms with Crippen molar-refractivity contribution in [1.29, 1.82) is 0 Å². The summed E-state index contributed by atoms with van der Waals surface area (Å²) in [7, 11) is 1.07. The highest BCUT2D eigenvalue weighted by Crippen LogP contribution is 2.40. The molecule has 19 heavy (non-hydrogen) atoms. The van der Waals surface area contributed by atoms with Crippen molar-refractivity contribution < 1.29 is 31.5 Å². The van der Waals surface area contributed by atoms with Crippen LogP contribution in [0.2, 0.25) is 0 Å². The fraction of sp³-hybridized carbons (Fsp3) is 0.364. The predicted molar refractivity (Wildman–Crippen MR) is 60.8 cm³/mol. The zero-order chi connectivity index (χ0) is 15.0. The van der Waals surface area contributed by atoms with Crippen LogP contribution >= 0.6 is 15.9 Å². The van der Waals surface area contributed by atoms with Gasteiger partial charge in [-0.25, -0.2) is 0 Å². The van der Waals surface area contributed by atoms with Gasteiger partial charge in [0.25, 0.3) is 0 Å². The van der Waals surface area contributed by atoms with E-state index in [0.29, 0.717) is 5.56 Å². The first-order valence-corrected chi connectivity index (χ1v) is 5.65. The van der Waals surface area contributed by atoms with E-state index >= 15 is 0 Å². The standard InChI is InChI=1S/C11H8BrF5O2/c1-5-3-8(19-2)6(4-7(5)12)9(18)10(13,14)11(15,16)17/h3-4H,1-2H3. The van der Waals surface area contributed by atoms with Gasteiger partial charge < -0.3 is 4.74 Å². The summed E-state index contributed by atoms with van der Waals surface area (Å²) in [6, 6.07) is 2.08. The second kappa shape index (κ2) is 5.07. The maximum atomic E-state index is 13.0. The Kier molecular flexibility index (Phi) is 4.23. The third-order valence-electron chi connectivity index (χ3n) is 2.37. The van der Waals surface area contributed by atoms with Crippen molar-refractivity contribution >= 4 is 21.7 Å². The topological polar surface area (TPSA) is 26.3 Å². The van der Waals surface area contributed by atoms with Crippen LogP contribution in [-0.2, 0) is 0 Å². The Labute approximate surface area is 113 Å². The first-order valence-electron chi connectivity index (χ1n) is 4.86. The smallest absolute Gasteiger partial charge is 0.461 e. The molecule has 0 unspecified atom stereocenters. The van der Waals surface area contributed by atoms with Gasteiger partial charge in [-0.3, -0.25) is 4.79 Å². The Morgan fingerprint density at radius 1 is 1.21 bits per heavy atom. The zero-order valence-electron chi connectivity index (χ0n) is 9.74. The molecule has 1 aromatic rings. The lowest BCUT2D eigenvalue weighted by Gasteiger charge is -2.19. The molecular formula is C11H8BrF5O2. The highest BCUT2D eigenvalue weighted by Gasteiger charge is 2.63. The van der Waals surface area contributed by atoms with Crippen molar-refractivity contribution in [3.8, 4) is 5.75 Å². The minimum absolute atomic E-state index is 0.231. The zero-order valence-corrected chi connectivity index (χ0v) is 11.3. The summed E-state index contributed by atoms with van der Waals surface area (Å²) in [5, 5.41) is 0. The normalized spacial score (nSPS) is 12.4. The molecule has 0 spiro atoms. The minimum atomic E-state index is -5.95. The number of carbonyl (C=O) groups excluding carboxylic acids is 1. The molecule has 0 aromatic heterocycles. The number of hydrogen-bond acceptors (Lipinski definition) is 2. The lowest BCUT2D eigenvalue weighted by Crippen LogP contribution is -2.44. The number of benzene rings is 1. The third kappa shape index (κ3) is 2.88.